The van der Waals surface area contributed by atoms with Crippen LogP contribution in [0.4, 0.5) is 0 Å². The predicted octanol–water partition coefficient (Wildman–Crippen LogP) is 10.9. The summed E-state index contributed by atoms with van der Waals surface area (Å²) in [6, 6.07) is 0. The smallest absolute Gasteiger partial charge is 0.200 e. The lowest BCUT2D eigenvalue weighted by molar-refractivity contribution is -0.336. The fraction of sp³-hybridized carbons (Fsp3) is 1.00. The van der Waals surface area contributed by atoms with Crippen LogP contribution in [0.25, 0.3) is 0 Å². The van der Waals surface area contributed by atoms with Crippen LogP contribution >= 0.6 is 0 Å². The minimum absolute atomic E-state index is 0.00130. The summed E-state index contributed by atoms with van der Waals surface area (Å²) < 4.78 is 53.1. The zero-order valence-corrected chi connectivity index (χ0v) is 37.6. The second-order valence-electron chi connectivity index (χ2n) is 19.1. The molecule has 3 aliphatic rings. The number of rotatable bonds is 16. The van der Waals surface area contributed by atoms with Crippen LogP contribution in [0.1, 0.15) is 157 Å². The molecule has 0 bridgehead atoms. The molecule has 0 N–H and O–H groups in total. The van der Waals surface area contributed by atoms with Gasteiger partial charge in [0.1, 0.15) is 0 Å². The van der Waals surface area contributed by atoms with Gasteiger partial charge in [0.25, 0.3) is 0 Å². The van der Waals surface area contributed by atoms with Crippen molar-refractivity contribution in [2.45, 2.75) is 244 Å². The Kier molecular flexibility index (Phi) is 15.4. The van der Waals surface area contributed by atoms with Gasteiger partial charge in [-0.1, -0.05) is 83.1 Å². The van der Waals surface area contributed by atoms with Crippen LogP contribution in [-0.2, 0) is 37.3 Å². The number of ether oxygens (including phenoxy) is 6. The van der Waals surface area contributed by atoms with E-state index in [9.17, 15) is 0 Å². The molecule has 0 aromatic heterocycles. The van der Waals surface area contributed by atoms with Gasteiger partial charge < -0.3 is 37.3 Å². The first-order valence-electron chi connectivity index (χ1n) is 20.2. The van der Waals surface area contributed by atoms with Crippen molar-refractivity contribution in [3.05, 3.63) is 0 Å². The van der Waals surface area contributed by atoms with Crippen molar-refractivity contribution in [3.8, 4) is 0 Å². The molecule has 0 aromatic rings. The van der Waals surface area contributed by atoms with Gasteiger partial charge in [-0.25, -0.2) is 0 Å². The molecule has 8 nitrogen and oxygen atoms in total. The van der Waals surface area contributed by atoms with E-state index in [0.717, 1.165) is 32.1 Å². The van der Waals surface area contributed by atoms with E-state index in [0.29, 0.717) is 46.5 Å². The summed E-state index contributed by atoms with van der Waals surface area (Å²) in [5.41, 5.74) is 3.19. The largest absolute Gasteiger partial charge is 0.413 e. The van der Waals surface area contributed by atoms with Crippen molar-refractivity contribution in [2.24, 2.45) is 0 Å². The van der Waals surface area contributed by atoms with E-state index in [4.69, 9.17) is 37.3 Å². The molecular formula is C40H80O8Si2. The normalized spacial score (nSPS) is 30.7. The van der Waals surface area contributed by atoms with Gasteiger partial charge in [0, 0.05) is 32.1 Å². The molecule has 0 spiro atoms. The van der Waals surface area contributed by atoms with Crippen LogP contribution in [0.5, 0.6) is 0 Å². The van der Waals surface area contributed by atoms with Gasteiger partial charge in [0.15, 0.2) is 34.0 Å². The Morgan fingerprint density at radius 3 is 0.820 bits per heavy atom. The summed E-state index contributed by atoms with van der Waals surface area (Å²) in [4.78, 5) is 0. The molecule has 296 valence electrons. The van der Waals surface area contributed by atoms with Crippen LogP contribution in [0.2, 0.25) is 33.2 Å². The molecule has 3 heterocycles. The summed E-state index contributed by atoms with van der Waals surface area (Å²) in [7, 11) is -4.01. The SMILES string of the molecule is CC(C)[Si](OCC1CC(C[C@H]2C[C@H](CC3C[C@@H](CO[Si](C(C)C)(C(C)C)C(C)C)OC(C)(C)O3)OC(C)(C)O2)OC(C)(C)O1)(C(C)C)C(C)C. The molecule has 3 rings (SSSR count). The molecule has 10 heteroatoms. The molecule has 0 aromatic carbocycles. The molecule has 0 aliphatic carbocycles. The Hall–Kier alpha value is 0.114. The fourth-order valence-corrected chi connectivity index (χ4v) is 21.5. The topological polar surface area (TPSA) is 73.8 Å². The summed E-state index contributed by atoms with van der Waals surface area (Å²) in [6.07, 6.45) is 3.94. The number of hydrogen-bond donors (Lipinski definition) is 0. The highest BCUT2D eigenvalue weighted by Crippen LogP contribution is 2.45. The minimum atomic E-state index is -2.01. The Bertz CT molecular complexity index is 921. The maximum Gasteiger partial charge on any atom is 0.200 e. The summed E-state index contributed by atoms with van der Waals surface area (Å²) in [5, 5.41) is 0. The average Bonchev–Trinajstić information content (AvgIpc) is 2.89. The highest BCUT2D eigenvalue weighted by atomic mass is 28.4. The van der Waals surface area contributed by atoms with Gasteiger partial charge in [0.05, 0.1) is 49.8 Å². The third-order valence-corrected chi connectivity index (χ3v) is 23.9. The molecule has 50 heavy (non-hydrogen) atoms. The van der Waals surface area contributed by atoms with Crippen molar-refractivity contribution < 1.29 is 37.3 Å². The van der Waals surface area contributed by atoms with Crippen LogP contribution in [0.15, 0.2) is 0 Å². The highest BCUT2D eigenvalue weighted by Gasteiger charge is 2.49. The predicted molar refractivity (Wildman–Crippen MR) is 209 cm³/mol. The van der Waals surface area contributed by atoms with E-state index in [1.807, 2.05) is 41.5 Å². The van der Waals surface area contributed by atoms with Gasteiger partial charge in [-0.05, 0) is 74.8 Å². The molecule has 6 atom stereocenters. The minimum Gasteiger partial charge on any atom is -0.413 e. The number of hydrogen-bond acceptors (Lipinski definition) is 8. The molecule has 3 fully saturated rings. The first-order valence-corrected chi connectivity index (χ1v) is 24.5. The van der Waals surface area contributed by atoms with Crippen LogP contribution in [-0.4, -0.2) is 83.8 Å². The third kappa shape index (κ3) is 11.1. The van der Waals surface area contributed by atoms with Crippen LogP contribution in [0, 0.1) is 0 Å². The van der Waals surface area contributed by atoms with Gasteiger partial charge in [-0.15, -0.1) is 0 Å². The van der Waals surface area contributed by atoms with Crippen molar-refractivity contribution >= 4 is 16.6 Å². The quantitative estimate of drug-likeness (QED) is 0.145. The Morgan fingerprint density at radius 1 is 0.400 bits per heavy atom. The Morgan fingerprint density at radius 2 is 0.600 bits per heavy atom. The van der Waals surface area contributed by atoms with Gasteiger partial charge in [0.2, 0.25) is 0 Å². The molecule has 0 radical (unpaired) electrons. The Balaban J connectivity index is 1.68. The first-order chi connectivity index (χ1) is 22.8. The maximum atomic E-state index is 6.99. The van der Waals surface area contributed by atoms with E-state index in [-0.39, 0.29) is 36.6 Å². The zero-order chi connectivity index (χ0) is 38.0. The van der Waals surface area contributed by atoms with Crippen molar-refractivity contribution in [3.63, 3.8) is 0 Å². The molecule has 0 saturated carbocycles. The summed E-state index contributed by atoms with van der Waals surface area (Å²) >= 11 is 0. The van der Waals surface area contributed by atoms with Crippen molar-refractivity contribution in [1.29, 1.82) is 0 Å². The van der Waals surface area contributed by atoms with Gasteiger partial charge in [-0.3, -0.25) is 0 Å². The van der Waals surface area contributed by atoms with E-state index < -0.39 is 34.0 Å². The van der Waals surface area contributed by atoms with Crippen molar-refractivity contribution in [1.82, 2.24) is 0 Å². The van der Waals surface area contributed by atoms with Crippen LogP contribution < -0.4 is 0 Å². The lowest BCUT2D eigenvalue weighted by Gasteiger charge is -2.48. The fourth-order valence-electron chi connectivity index (χ4n) is 10.5. The monoisotopic (exact) mass is 745 g/mol. The van der Waals surface area contributed by atoms with Gasteiger partial charge >= 0.3 is 0 Å². The standard InChI is InChI=1S/C40H80O8Si2/c1-26(2)49(27(3)4,28(5)6)41-24-36-22-34(45-39(15,16)47-36)20-32-19-33(44-38(13,14)43-32)21-35-23-37(48-40(17,18)46-35)25-42-50(29(7)8,30(9)10)31(11)12/h26-37H,19-25H2,1-18H3/t32-,33-,34?,35?,36+,37?/m1/s1. The highest BCUT2D eigenvalue weighted by molar-refractivity contribution is 6.78. The maximum absolute atomic E-state index is 6.99. The lowest BCUT2D eigenvalue weighted by Crippen LogP contribution is -2.53. The molecule has 3 aliphatic heterocycles. The van der Waals surface area contributed by atoms with E-state index in [2.05, 4.69) is 83.1 Å². The zero-order valence-electron chi connectivity index (χ0n) is 35.6. The van der Waals surface area contributed by atoms with E-state index in [1.165, 1.54) is 0 Å². The van der Waals surface area contributed by atoms with E-state index in [1.54, 1.807) is 0 Å². The van der Waals surface area contributed by atoms with Crippen molar-refractivity contribution in [2.75, 3.05) is 13.2 Å². The Labute approximate surface area is 310 Å². The molecule has 0 amide bonds. The second-order valence-corrected chi connectivity index (χ2v) is 30.0. The average molecular weight is 745 g/mol. The first kappa shape index (κ1) is 44.5. The van der Waals surface area contributed by atoms with E-state index >= 15 is 0 Å². The summed E-state index contributed by atoms with van der Waals surface area (Å²) in [6.45, 7) is 41.5. The lowest BCUT2D eigenvalue weighted by atomic mass is 9.94. The molecule has 3 unspecified atom stereocenters. The van der Waals surface area contributed by atoms with Gasteiger partial charge in [-0.2, -0.15) is 0 Å². The molecule has 3 saturated heterocycles. The second kappa shape index (κ2) is 17.3. The third-order valence-electron chi connectivity index (χ3n) is 11.8. The summed E-state index contributed by atoms with van der Waals surface area (Å²) in [5.74, 6) is -2.07. The van der Waals surface area contributed by atoms with Crippen LogP contribution in [0.3, 0.4) is 0 Å². The molecular weight excluding hydrogens is 665 g/mol.